The van der Waals surface area contributed by atoms with E-state index in [1.807, 2.05) is 55.5 Å². The van der Waals surface area contributed by atoms with Crippen molar-refractivity contribution in [1.82, 2.24) is 15.0 Å². The minimum Gasteiger partial charge on any atom is -0.487 e. The molecule has 0 amide bonds. The lowest BCUT2D eigenvalue weighted by atomic mass is 10.0. The Morgan fingerprint density at radius 1 is 1.06 bits per heavy atom. The third-order valence-electron chi connectivity index (χ3n) is 5.15. The standard InChI is InChI=1S/C25H18ClN3O3/c1-16-22-11-10-21(13-23(22)32-25(16)24(30)17-6-3-2-4-7-17)31-15-19-14-29(28-27-19)20-9-5-8-18(26)12-20/h2-14H,15H2,1H3. The Morgan fingerprint density at radius 3 is 2.72 bits per heavy atom. The molecule has 0 radical (unpaired) electrons. The van der Waals surface area contributed by atoms with Gasteiger partial charge in [0.15, 0.2) is 5.76 Å². The summed E-state index contributed by atoms with van der Waals surface area (Å²) in [5.41, 5.74) is 3.49. The lowest BCUT2D eigenvalue weighted by Gasteiger charge is -2.03. The predicted octanol–water partition coefficient (Wildman–Crippen LogP) is 5.79. The van der Waals surface area contributed by atoms with Crippen LogP contribution < -0.4 is 4.74 Å². The molecule has 0 aliphatic rings. The van der Waals surface area contributed by atoms with Crippen LogP contribution in [0.5, 0.6) is 5.75 Å². The molecule has 5 aromatic rings. The average Bonchev–Trinajstić information content (AvgIpc) is 3.42. The number of carbonyl (C=O) groups excluding carboxylic acids is 1. The Balaban J connectivity index is 1.34. The lowest BCUT2D eigenvalue weighted by Crippen LogP contribution is -2.00. The van der Waals surface area contributed by atoms with Gasteiger partial charge in [-0.25, -0.2) is 4.68 Å². The summed E-state index contributed by atoms with van der Waals surface area (Å²) in [5.74, 6) is 0.814. The van der Waals surface area contributed by atoms with Crippen LogP contribution in [0.3, 0.4) is 0 Å². The number of fused-ring (bicyclic) bond motifs is 1. The highest BCUT2D eigenvalue weighted by atomic mass is 35.5. The van der Waals surface area contributed by atoms with E-state index in [9.17, 15) is 4.79 Å². The first kappa shape index (κ1) is 20.0. The van der Waals surface area contributed by atoms with Gasteiger partial charge in [0.25, 0.3) is 0 Å². The fourth-order valence-corrected chi connectivity index (χ4v) is 3.68. The summed E-state index contributed by atoms with van der Waals surface area (Å²) in [7, 11) is 0. The SMILES string of the molecule is Cc1c(C(=O)c2ccccc2)oc2cc(OCc3cn(-c4cccc(Cl)c4)nn3)ccc12. The summed E-state index contributed by atoms with van der Waals surface area (Å²) in [6.07, 6.45) is 1.79. The van der Waals surface area contributed by atoms with E-state index >= 15 is 0 Å². The van der Waals surface area contributed by atoms with Crippen LogP contribution in [0.2, 0.25) is 5.02 Å². The second-order valence-corrected chi connectivity index (χ2v) is 7.77. The van der Waals surface area contributed by atoms with Gasteiger partial charge >= 0.3 is 0 Å². The summed E-state index contributed by atoms with van der Waals surface area (Å²) in [6, 6.07) is 22.0. The highest BCUT2D eigenvalue weighted by Gasteiger charge is 2.19. The molecule has 0 saturated carbocycles. The smallest absolute Gasteiger partial charge is 0.228 e. The zero-order valence-corrected chi connectivity index (χ0v) is 17.9. The fraction of sp³-hybridized carbons (Fsp3) is 0.0800. The first-order valence-electron chi connectivity index (χ1n) is 10.0. The Hall–Kier alpha value is -3.90. The van der Waals surface area contributed by atoms with Crippen molar-refractivity contribution in [2.24, 2.45) is 0 Å². The number of benzene rings is 3. The number of hydrogen-bond donors (Lipinski definition) is 0. The van der Waals surface area contributed by atoms with Gasteiger partial charge in [0, 0.05) is 27.6 Å². The number of hydrogen-bond acceptors (Lipinski definition) is 5. The van der Waals surface area contributed by atoms with Crippen LogP contribution in [0.4, 0.5) is 0 Å². The van der Waals surface area contributed by atoms with Gasteiger partial charge in [-0.15, -0.1) is 5.10 Å². The highest BCUT2D eigenvalue weighted by Crippen LogP contribution is 2.30. The van der Waals surface area contributed by atoms with E-state index in [2.05, 4.69) is 10.3 Å². The van der Waals surface area contributed by atoms with Crippen molar-refractivity contribution >= 4 is 28.4 Å². The molecule has 0 fully saturated rings. The lowest BCUT2D eigenvalue weighted by molar-refractivity contribution is 0.101. The van der Waals surface area contributed by atoms with Crippen molar-refractivity contribution < 1.29 is 13.9 Å². The molecule has 0 N–H and O–H groups in total. The summed E-state index contributed by atoms with van der Waals surface area (Å²) in [4.78, 5) is 12.8. The minimum absolute atomic E-state index is 0.139. The van der Waals surface area contributed by atoms with Crippen molar-refractivity contribution in [2.45, 2.75) is 13.5 Å². The van der Waals surface area contributed by atoms with E-state index in [4.69, 9.17) is 20.8 Å². The van der Waals surface area contributed by atoms with Gasteiger partial charge in [-0.05, 0) is 37.3 Å². The second kappa shape index (κ2) is 8.32. The molecule has 3 aromatic carbocycles. The maximum absolute atomic E-state index is 12.8. The quantitative estimate of drug-likeness (QED) is 0.311. The fourth-order valence-electron chi connectivity index (χ4n) is 3.50. The Kier molecular flexibility index (Phi) is 5.21. The summed E-state index contributed by atoms with van der Waals surface area (Å²) < 4.78 is 13.4. The van der Waals surface area contributed by atoms with Gasteiger partial charge < -0.3 is 9.15 Å². The van der Waals surface area contributed by atoms with Gasteiger partial charge in [-0.3, -0.25) is 4.79 Å². The predicted molar refractivity (Wildman–Crippen MR) is 122 cm³/mol. The molecule has 7 heteroatoms. The molecule has 6 nitrogen and oxygen atoms in total. The molecule has 0 saturated heterocycles. The Labute approximate surface area is 189 Å². The number of halogens is 1. The molecule has 2 aromatic heterocycles. The summed E-state index contributed by atoms with van der Waals surface area (Å²) in [5, 5.41) is 9.78. The maximum Gasteiger partial charge on any atom is 0.228 e. The van der Waals surface area contributed by atoms with E-state index in [0.717, 1.165) is 16.6 Å². The largest absolute Gasteiger partial charge is 0.487 e. The molecule has 0 aliphatic carbocycles. The molecule has 0 unspecified atom stereocenters. The number of nitrogens with zero attached hydrogens (tertiary/aromatic N) is 3. The second-order valence-electron chi connectivity index (χ2n) is 7.33. The number of furan rings is 1. The molecule has 0 spiro atoms. The monoisotopic (exact) mass is 443 g/mol. The Bertz CT molecular complexity index is 1420. The van der Waals surface area contributed by atoms with Crippen LogP contribution in [-0.4, -0.2) is 20.8 Å². The number of aromatic nitrogens is 3. The van der Waals surface area contributed by atoms with E-state index in [1.54, 1.807) is 35.1 Å². The highest BCUT2D eigenvalue weighted by molar-refractivity contribution is 6.30. The molecular formula is C25H18ClN3O3. The minimum atomic E-state index is -0.139. The van der Waals surface area contributed by atoms with Crippen LogP contribution in [0, 0.1) is 6.92 Å². The van der Waals surface area contributed by atoms with Gasteiger partial charge in [-0.2, -0.15) is 0 Å². The first-order chi connectivity index (χ1) is 15.6. The van der Waals surface area contributed by atoms with Gasteiger partial charge in [-0.1, -0.05) is 53.2 Å². The van der Waals surface area contributed by atoms with Gasteiger partial charge in [0.2, 0.25) is 5.78 Å². The molecule has 2 heterocycles. The normalized spacial score (nSPS) is 11.1. The molecule has 32 heavy (non-hydrogen) atoms. The van der Waals surface area contributed by atoms with Crippen LogP contribution in [0.15, 0.2) is 83.4 Å². The van der Waals surface area contributed by atoms with Crippen molar-refractivity contribution in [1.29, 1.82) is 0 Å². The van der Waals surface area contributed by atoms with E-state index in [-0.39, 0.29) is 12.4 Å². The molecule has 0 bridgehead atoms. The van der Waals surface area contributed by atoms with Crippen LogP contribution >= 0.6 is 11.6 Å². The Morgan fingerprint density at radius 2 is 1.91 bits per heavy atom. The van der Waals surface area contributed by atoms with E-state index < -0.39 is 0 Å². The van der Waals surface area contributed by atoms with Gasteiger partial charge in [0.1, 0.15) is 23.6 Å². The third kappa shape index (κ3) is 3.88. The van der Waals surface area contributed by atoms with Gasteiger partial charge in [0.05, 0.1) is 11.9 Å². The maximum atomic E-state index is 12.8. The van der Waals surface area contributed by atoms with Crippen molar-refractivity contribution in [3.8, 4) is 11.4 Å². The van der Waals surface area contributed by atoms with Crippen LogP contribution in [0.25, 0.3) is 16.7 Å². The average molecular weight is 444 g/mol. The summed E-state index contributed by atoms with van der Waals surface area (Å²) >= 11 is 6.04. The molecule has 158 valence electrons. The third-order valence-corrected chi connectivity index (χ3v) is 5.39. The topological polar surface area (TPSA) is 70.2 Å². The number of rotatable bonds is 6. The van der Waals surface area contributed by atoms with E-state index in [0.29, 0.717) is 33.4 Å². The number of ether oxygens (including phenoxy) is 1. The van der Waals surface area contributed by atoms with Crippen molar-refractivity contribution in [3.05, 3.63) is 107 Å². The number of ketones is 1. The van der Waals surface area contributed by atoms with E-state index in [1.165, 1.54) is 0 Å². The molecule has 0 atom stereocenters. The molecule has 0 aliphatic heterocycles. The van der Waals surface area contributed by atoms with Crippen molar-refractivity contribution in [3.63, 3.8) is 0 Å². The van der Waals surface area contributed by atoms with Crippen molar-refractivity contribution in [2.75, 3.05) is 0 Å². The molecule has 5 rings (SSSR count). The number of carbonyl (C=O) groups is 1. The zero-order chi connectivity index (χ0) is 22.1. The van der Waals surface area contributed by atoms with Crippen LogP contribution in [-0.2, 0) is 6.61 Å². The zero-order valence-electron chi connectivity index (χ0n) is 17.2. The summed E-state index contributed by atoms with van der Waals surface area (Å²) in [6.45, 7) is 2.12. The van der Waals surface area contributed by atoms with Crippen LogP contribution in [0.1, 0.15) is 27.4 Å². The molecular weight excluding hydrogens is 426 g/mol. The first-order valence-corrected chi connectivity index (χ1v) is 10.4. The number of aryl methyl sites for hydroxylation is 1.